The van der Waals surface area contributed by atoms with Gasteiger partial charge in [-0.3, -0.25) is 9.59 Å². The summed E-state index contributed by atoms with van der Waals surface area (Å²) >= 11 is 0. The molecule has 0 radical (unpaired) electrons. The quantitative estimate of drug-likeness (QED) is 0.0460. The number of benzene rings is 6. The second-order valence-corrected chi connectivity index (χ2v) is 23.2. The van der Waals surface area contributed by atoms with Crippen LogP contribution in [0.15, 0.2) is 157 Å². The van der Waals surface area contributed by atoms with Crippen LogP contribution in [0.25, 0.3) is 22.4 Å². The summed E-state index contributed by atoms with van der Waals surface area (Å²) in [6.45, 7) is 6.43. The second kappa shape index (κ2) is 18.0. The molecule has 6 aromatic rings. The van der Waals surface area contributed by atoms with E-state index < -0.39 is 78.2 Å². The molecule has 350 valence electrons. The lowest BCUT2D eigenvalue weighted by Gasteiger charge is -2.44. The molecule has 2 saturated heterocycles. The number of amides is 2. The summed E-state index contributed by atoms with van der Waals surface area (Å²) in [5.74, 6) is -4.48. The summed E-state index contributed by atoms with van der Waals surface area (Å²) in [4.78, 5) is 29.7. The van der Waals surface area contributed by atoms with Crippen molar-refractivity contribution in [3.8, 4) is 5.75 Å². The monoisotopic (exact) mass is 945 g/mol. The molecule has 3 aliphatic rings. The zero-order valence-electron chi connectivity index (χ0n) is 37.6. The molecule has 2 aliphatic heterocycles. The SMILES string of the molecule is CC(C)(C)[Si](OCC1=C2[C@@H](CC/C(=C/c3ccc(O)c4ccccc34)c3ccccc3)OC[C@@H]2[C@@H]2C(=O)N(c3cc(C(F)(F)F)cc(C(F)(F)F)c3)C(=O)[C@@H]2C1)(c1ccccc1)c1ccccc1. The summed E-state index contributed by atoms with van der Waals surface area (Å²) < 4.78 is 98.9. The van der Waals surface area contributed by atoms with Crippen LogP contribution in [0, 0.1) is 17.8 Å². The first-order valence-corrected chi connectivity index (χ1v) is 24.5. The minimum absolute atomic E-state index is 0.000115. The number of halogens is 6. The number of anilines is 1. The number of carbonyl (C=O) groups is 2. The molecule has 0 bridgehead atoms. The maximum Gasteiger partial charge on any atom is 0.416 e. The lowest BCUT2D eigenvalue weighted by Crippen LogP contribution is -2.66. The van der Waals surface area contributed by atoms with Crippen LogP contribution in [0.2, 0.25) is 5.04 Å². The van der Waals surface area contributed by atoms with Crippen LogP contribution >= 0.6 is 0 Å². The molecule has 0 aromatic heterocycles. The summed E-state index contributed by atoms with van der Waals surface area (Å²) in [6, 6.07) is 41.7. The molecule has 0 unspecified atom stereocenters. The third-order valence-electron chi connectivity index (χ3n) is 13.8. The number of imide groups is 1. The number of allylic oxidation sites excluding steroid dienone is 1. The van der Waals surface area contributed by atoms with Crippen molar-refractivity contribution in [3.63, 3.8) is 0 Å². The third-order valence-corrected chi connectivity index (χ3v) is 18.8. The van der Waals surface area contributed by atoms with Crippen LogP contribution in [-0.2, 0) is 31.1 Å². The van der Waals surface area contributed by atoms with Gasteiger partial charge in [0.2, 0.25) is 11.8 Å². The van der Waals surface area contributed by atoms with Crippen molar-refractivity contribution in [1.82, 2.24) is 0 Å². The largest absolute Gasteiger partial charge is 0.507 e. The van der Waals surface area contributed by atoms with Crippen molar-refractivity contribution < 1.29 is 50.2 Å². The number of rotatable bonds is 11. The van der Waals surface area contributed by atoms with Crippen LogP contribution in [-0.4, -0.2) is 44.6 Å². The molecule has 2 heterocycles. The fourth-order valence-electron chi connectivity index (χ4n) is 10.7. The van der Waals surface area contributed by atoms with Gasteiger partial charge in [-0.25, -0.2) is 4.90 Å². The van der Waals surface area contributed by atoms with Gasteiger partial charge in [0.15, 0.2) is 0 Å². The van der Waals surface area contributed by atoms with Crippen molar-refractivity contribution in [3.05, 3.63) is 179 Å². The van der Waals surface area contributed by atoms with E-state index in [0.29, 0.717) is 35.3 Å². The number of ether oxygens (including phenoxy) is 1. The van der Waals surface area contributed by atoms with Crippen LogP contribution in [0.1, 0.15) is 62.3 Å². The van der Waals surface area contributed by atoms with E-state index >= 15 is 0 Å². The molecule has 1 N–H and O–H groups in total. The Labute approximate surface area is 391 Å². The minimum atomic E-state index is -5.19. The van der Waals surface area contributed by atoms with Crippen molar-refractivity contribution in [2.45, 2.75) is 63.5 Å². The van der Waals surface area contributed by atoms with E-state index in [4.69, 9.17) is 9.16 Å². The van der Waals surface area contributed by atoms with Gasteiger partial charge in [0.05, 0.1) is 48.0 Å². The zero-order valence-corrected chi connectivity index (χ0v) is 38.6. The molecule has 68 heavy (non-hydrogen) atoms. The lowest BCUT2D eigenvalue weighted by atomic mass is 9.69. The molecule has 6 aromatic carbocycles. The van der Waals surface area contributed by atoms with Crippen LogP contribution in [0.3, 0.4) is 0 Å². The molecular weight excluding hydrogens is 897 g/mol. The molecule has 4 atom stereocenters. The zero-order chi connectivity index (χ0) is 48.2. The van der Waals surface area contributed by atoms with Crippen LogP contribution < -0.4 is 15.3 Å². The summed E-state index contributed by atoms with van der Waals surface area (Å²) in [5.41, 5.74) is 0.290. The van der Waals surface area contributed by atoms with Crippen LogP contribution in [0.4, 0.5) is 32.0 Å². The minimum Gasteiger partial charge on any atom is -0.507 e. The maximum atomic E-state index is 14.6. The van der Waals surface area contributed by atoms with Gasteiger partial charge in [-0.05, 0) is 92.2 Å². The average molecular weight is 946 g/mol. The number of phenolic OH excluding ortho intramolecular Hbond substituents is 1. The Morgan fingerprint density at radius 2 is 1.28 bits per heavy atom. The third kappa shape index (κ3) is 8.60. The number of aromatic hydroxyl groups is 1. The normalized spacial score (nSPS) is 20.3. The Morgan fingerprint density at radius 3 is 1.85 bits per heavy atom. The van der Waals surface area contributed by atoms with E-state index in [9.17, 15) is 41.0 Å². The van der Waals surface area contributed by atoms with E-state index in [-0.39, 0.29) is 31.5 Å². The average Bonchev–Trinajstić information content (AvgIpc) is 3.85. The van der Waals surface area contributed by atoms with E-state index in [1.807, 2.05) is 97.1 Å². The van der Waals surface area contributed by atoms with E-state index in [0.717, 1.165) is 43.6 Å². The molecule has 1 aliphatic carbocycles. The maximum absolute atomic E-state index is 14.6. The topological polar surface area (TPSA) is 76.1 Å². The Kier molecular flexibility index (Phi) is 12.4. The van der Waals surface area contributed by atoms with Gasteiger partial charge in [-0.15, -0.1) is 0 Å². The Hall–Kier alpha value is -6.28. The number of hydrogen-bond acceptors (Lipinski definition) is 5. The van der Waals surface area contributed by atoms with Crippen LogP contribution in [0.5, 0.6) is 5.75 Å². The predicted octanol–water partition coefficient (Wildman–Crippen LogP) is 12.0. The summed E-state index contributed by atoms with van der Waals surface area (Å²) in [7, 11) is -3.21. The van der Waals surface area contributed by atoms with Gasteiger partial charge in [-0.1, -0.05) is 148 Å². The highest BCUT2D eigenvalue weighted by Gasteiger charge is 2.58. The highest BCUT2D eigenvalue weighted by molar-refractivity contribution is 6.99. The van der Waals surface area contributed by atoms with Gasteiger partial charge in [-0.2, -0.15) is 26.3 Å². The van der Waals surface area contributed by atoms with Crippen molar-refractivity contribution in [1.29, 1.82) is 0 Å². The number of alkyl halides is 6. The first-order valence-electron chi connectivity index (χ1n) is 22.6. The Bertz CT molecular complexity index is 2860. The Balaban J connectivity index is 1.14. The molecule has 0 saturated carbocycles. The van der Waals surface area contributed by atoms with Gasteiger partial charge < -0.3 is 14.3 Å². The molecule has 2 amide bonds. The molecule has 13 heteroatoms. The smallest absolute Gasteiger partial charge is 0.416 e. The summed E-state index contributed by atoms with van der Waals surface area (Å²) in [5, 5.41) is 13.8. The Morgan fingerprint density at radius 1 is 0.721 bits per heavy atom. The summed E-state index contributed by atoms with van der Waals surface area (Å²) in [6.07, 6.45) is -7.97. The van der Waals surface area contributed by atoms with E-state index in [1.54, 1.807) is 6.07 Å². The highest BCUT2D eigenvalue weighted by Crippen LogP contribution is 2.52. The van der Waals surface area contributed by atoms with Gasteiger partial charge in [0.25, 0.3) is 8.32 Å². The van der Waals surface area contributed by atoms with E-state index in [1.165, 1.54) is 0 Å². The molecule has 2 fully saturated rings. The first-order chi connectivity index (χ1) is 32.4. The standard InChI is InChI=1S/C55H49F6NO5Si/c1-53(2,3)68(41-17-9-5-10-18-41,42-19-11-6-12-20-42)67-32-37-28-45-50(52(65)62(51(45)64)40-30-38(54(56,57)58)29-39(31-40)55(59,60)61)46-33-66-48(49(37)46)26-24-35(34-15-7-4-8-16-34)27-36-23-25-47(63)44-22-14-13-21-43(36)44/h4-23,25,27,29-31,45-46,48,50,63H,24,26,28,32-33H2,1-3H3/b35-27-/t45-,46+,48-,50-/m1/s1. The fourth-order valence-corrected chi connectivity index (χ4v) is 15.3. The fraction of sp³-hybridized carbons (Fsp3) is 0.273. The molecule has 0 spiro atoms. The first kappa shape index (κ1) is 46.8. The number of phenols is 1. The number of carbonyl (C=O) groups excluding carboxylic acids is 2. The van der Waals surface area contributed by atoms with Crippen molar-refractivity contribution >= 4 is 58.6 Å². The number of hydrogen-bond donors (Lipinski definition) is 1. The number of fused-ring (bicyclic) bond motifs is 4. The van der Waals surface area contributed by atoms with Crippen molar-refractivity contribution in [2.24, 2.45) is 17.8 Å². The van der Waals surface area contributed by atoms with Gasteiger partial charge in [0, 0.05) is 11.3 Å². The molecule has 6 nitrogen and oxygen atoms in total. The molecular formula is C55H49F6NO5Si. The predicted molar refractivity (Wildman–Crippen MR) is 254 cm³/mol. The lowest BCUT2D eigenvalue weighted by molar-refractivity contribution is -0.143. The number of nitrogens with zero attached hydrogens (tertiary/aromatic N) is 1. The molecule has 9 rings (SSSR count). The second-order valence-electron chi connectivity index (χ2n) is 18.8. The van der Waals surface area contributed by atoms with Crippen molar-refractivity contribution in [2.75, 3.05) is 18.1 Å². The van der Waals surface area contributed by atoms with E-state index in [2.05, 4.69) is 51.1 Å². The van der Waals surface area contributed by atoms with Gasteiger partial charge >= 0.3 is 12.4 Å². The highest BCUT2D eigenvalue weighted by atomic mass is 28.4. The van der Waals surface area contributed by atoms with Gasteiger partial charge in [0.1, 0.15) is 5.75 Å².